The average Bonchev–Trinajstić information content (AvgIpc) is 1.66. The van der Waals surface area contributed by atoms with E-state index in [1.807, 2.05) is 0 Å². The zero-order chi connectivity index (χ0) is 5.98. The number of hydrogen-bond donors (Lipinski definition) is 1. The van der Waals surface area contributed by atoms with Crippen LogP contribution in [0.1, 0.15) is 0 Å². The van der Waals surface area contributed by atoms with E-state index < -0.39 is 0 Å². The highest BCUT2D eigenvalue weighted by molar-refractivity contribution is 4.91. The van der Waals surface area contributed by atoms with Crippen LogP contribution in [-0.2, 0) is 4.74 Å². The Labute approximate surface area is 48.8 Å². The van der Waals surface area contributed by atoms with E-state index in [4.69, 9.17) is 9.84 Å². The number of rotatable bonds is 2. The first-order chi connectivity index (χ1) is 3.88. The first kappa shape index (κ1) is 5.79. The monoisotopic (exact) mass is 114 g/mol. The Morgan fingerprint density at radius 3 is 2.75 bits per heavy atom. The Hall–Kier alpha value is -0.340. The topological polar surface area (TPSA) is 29.5 Å². The van der Waals surface area contributed by atoms with Gasteiger partial charge in [0.15, 0.2) is 0 Å². The van der Waals surface area contributed by atoms with Crippen LogP contribution in [0.2, 0.25) is 0 Å². The van der Waals surface area contributed by atoms with Crippen molar-refractivity contribution in [2.24, 2.45) is 5.92 Å². The van der Waals surface area contributed by atoms with Gasteiger partial charge in [-0.1, -0.05) is 6.08 Å². The van der Waals surface area contributed by atoms with Crippen LogP contribution in [0.3, 0.4) is 0 Å². The third kappa shape index (κ3) is 0.767. The predicted octanol–water partition coefficient (Wildman–Crippen LogP) is 0.180. The Morgan fingerprint density at radius 1 is 1.88 bits per heavy atom. The highest BCUT2D eigenvalue weighted by atomic mass is 16.5. The quantitative estimate of drug-likeness (QED) is 0.519. The molecule has 0 aliphatic carbocycles. The van der Waals surface area contributed by atoms with Gasteiger partial charge in [-0.2, -0.15) is 0 Å². The van der Waals surface area contributed by atoms with Crippen LogP contribution in [0.4, 0.5) is 0 Å². The molecule has 0 aromatic rings. The van der Waals surface area contributed by atoms with Crippen molar-refractivity contribution >= 4 is 0 Å². The molecule has 2 heteroatoms. The maximum atomic E-state index is 8.56. The van der Waals surface area contributed by atoms with E-state index in [-0.39, 0.29) is 12.7 Å². The summed E-state index contributed by atoms with van der Waals surface area (Å²) in [6.07, 6.45) is 1.84. The normalized spacial score (nSPS) is 36.1. The molecule has 1 heterocycles. The lowest BCUT2D eigenvalue weighted by atomic mass is 10.00. The molecular weight excluding hydrogens is 104 g/mol. The van der Waals surface area contributed by atoms with Gasteiger partial charge in [0, 0.05) is 5.92 Å². The van der Waals surface area contributed by atoms with Crippen molar-refractivity contribution in [3.8, 4) is 0 Å². The summed E-state index contributed by atoms with van der Waals surface area (Å²) < 4.78 is 5.01. The molecule has 0 spiro atoms. The van der Waals surface area contributed by atoms with Crippen LogP contribution in [0.5, 0.6) is 0 Å². The van der Waals surface area contributed by atoms with Gasteiger partial charge >= 0.3 is 0 Å². The van der Waals surface area contributed by atoms with E-state index in [1.54, 1.807) is 6.08 Å². The number of hydrogen-bond acceptors (Lipinski definition) is 2. The minimum absolute atomic E-state index is 0.111. The summed E-state index contributed by atoms with van der Waals surface area (Å²) in [7, 11) is 0. The first-order valence-electron chi connectivity index (χ1n) is 2.73. The van der Waals surface area contributed by atoms with Crippen LogP contribution in [0.15, 0.2) is 12.7 Å². The molecule has 2 nitrogen and oxygen atoms in total. The molecule has 8 heavy (non-hydrogen) atoms. The second kappa shape index (κ2) is 2.29. The highest BCUT2D eigenvalue weighted by Crippen LogP contribution is 2.19. The maximum Gasteiger partial charge on any atom is 0.0825 e. The Kier molecular flexibility index (Phi) is 1.65. The summed E-state index contributed by atoms with van der Waals surface area (Å²) in [5.74, 6) is 0.312. The molecule has 0 aromatic heterocycles. The SMILES string of the molecule is C=CC1OCC1CO. The molecule has 1 rings (SSSR count). The van der Waals surface area contributed by atoms with E-state index in [2.05, 4.69) is 6.58 Å². The van der Waals surface area contributed by atoms with Gasteiger partial charge in [0.2, 0.25) is 0 Å². The summed E-state index contributed by atoms with van der Waals surface area (Å²) in [4.78, 5) is 0. The van der Waals surface area contributed by atoms with E-state index in [0.717, 1.165) is 0 Å². The molecule has 0 aromatic carbocycles. The van der Waals surface area contributed by atoms with Gasteiger partial charge in [0.05, 0.1) is 19.3 Å². The Morgan fingerprint density at radius 2 is 2.62 bits per heavy atom. The maximum absolute atomic E-state index is 8.56. The molecule has 1 aliphatic heterocycles. The molecule has 0 amide bonds. The van der Waals surface area contributed by atoms with Crippen molar-refractivity contribution in [3.63, 3.8) is 0 Å². The number of ether oxygens (including phenoxy) is 1. The van der Waals surface area contributed by atoms with E-state index in [9.17, 15) is 0 Å². The molecule has 0 bridgehead atoms. The fourth-order valence-corrected chi connectivity index (χ4v) is 0.761. The van der Waals surface area contributed by atoms with Gasteiger partial charge in [-0.05, 0) is 0 Å². The third-order valence-corrected chi connectivity index (χ3v) is 1.43. The van der Waals surface area contributed by atoms with Crippen molar-refractivity contribution in [2.45, 2.75) is 6.10 Å². The molecule has 46 valence electrons. The zero-order valence-electron chi connectivity index (χ0n) is 4.71. The van der Waals surface area contributed by atoms with E-state index in [0.29, 0.717) is 12.5 Å². The number of aliphatic hydroxyl groups is 1. The van der Waals surface area contributed by atoms with Gasteiger partial charge in [0.25, 0.3) is 0 Å². The van der Waals surface area contributed by atoms with Crippen LogP contribution >= 0.6 is 0 Å². The second-order valence-corrected chi connectivity index (χ2v) is 1.98. The number of aliphatic hydroxyl groups excluding tert-OH is 1. The van der Waals surface area contributed by atoms with Crippen LogP contribution in [0.25, 0.3) is 0 Å². The summed E-state index contributed by atoms with van der Waals surface area (Å²) in [6, 6.07) is 0. The fraction of sp³-hybridized carbons (Fsp3) is 0.667. The van der Waals surface area contributed by atoms with Crippen molar-refractivity contribution in [2.75, 3.05) is 13.2 Å². The molecule has 2 atom stereocenters. The zero-order valence-corrected chi connectivity index (χ0v) is 4.71. The van der Waals surface area contributed by atoms with Crippen molar-refractivity contribution < 1.29 is 9.84 Å². The molecule has 1 fully saturated rings. The summed E-state index contributed by atoms with van der Waals surface area (Å²) in [6.45, 7) is 4.45. The molecule has 0 saturated carbocycles. The summed E-state index contributed by atoms with van der Waals surface area (Å²) in [5.41, 5.74) is 0. The van der Waals surface area contributed by atoms with Gasteiger partial charge < -0.3 is 9.84 Å². The van der Waals surface area contributed by atoms with Crippen LogP contribution < -0.4 is 0 Å². The lowest BCUT2D eigenvalue weighted by molar-refractivity contribution is -0.103. The summed E-state index contributed by atoms with van der Waals surface area (Å²) in [5, 5.41) is 8.56. The van der Waals surface area contributed by atoms with Crippen molar-refractivity contribution in [1.29, 1.82) is 0 Å². The lowest BCUT2D eigenvalue weighted by Crippen LogP contribution is -2.40. The van der Waals surface area contributed by atoms with Crippen LogP contribution in [-0.4, -0.2) is 24.4 Å². The minimum Gasteiger partial charge on any atom is -0.396 e. The van der Waals surface area contributed by atoms with E-state index >= 15 is 0 Å². The summed E-state index contributed by atoms with van der Waals surface area (Å²) >= 11 is 0. The van der Waals surface area contributed by atoms with E-state index in [1.165, 1.54) is 0 Å². The van der Waals surface area contributed by atoms with Gasteiger partial charge in [0.1, 0.15) is 0 Å². The van der Waals surface area contributed by atoms with Crippen LogP contribution in [0, 0.1) is 5.92 Å². The Bertz CT molecular complexity index is 88.5. The second-order valence-electron chi connectivity index (χ2n) is 1.98. The molecule has 1 aliphatic rings. The van der Waals surface area contributed by atoms with Crippen molar-refractivity contribution in [1.82, 2.24) is 0 Å². The molecular formula is C6H10O2. The smallest absolute Gasteiger partial charge is 0.0825 e. The largest absolute Gasteiger partial charge is 0.396 e. The Balaban J connectivity index is 2.26. The molecule has 1 saturated heterocycles. The average molecular weight is 114 g/mol. The van der Waals surface area contributed by atoms with Crippen molar-refractivity contribution in [3.05, 3.63) is 12.7 Å². The van der Waals surface area contributed by atoms with Gasteiger partial charge in [-0.25, -0.2) is 0 Å². The highest BCUT2D eigenvalue weighted by Gasteiger charge is 2.27. The minimum atomic E-state index is 0.111. The predicted molar refractivity (Wildman–Crippen MR) is 30.5 cm³/mol. The van der Waals surface area contributed by atoms with Gasteiger partial charge in [-0.15, -0.1) is 6.58 Å². The fourth-order valence-electron chi connectivity index (χ4n) is 0.761. The first-order valence-corrected chi connectivity index (χ1v) is 2.73. The molecule has 0 radical (unpaired) electrons. The lowest BCUT2D eigenvalue weighted by Gasteiger charge is -2.32. The standard InChI is InChI=1S/C6H10O2/c1-2-6-5(3-7)4-8-6/h2,5-7H,1,3-4H2. The molecule has 2 unspecified atom stereocenters. The molecule has 1 N–H and O–H groups in total. The van der Waals surface area contributed by atoms with Gasteiger partial charge in [-0.3, -0.25) is 0 Å². The third-order valence-electron chi connectivity index (χ3n) is 1.43.